The van der Waals surface area contributed by atoms with Gasteiger partial charge in [0.2, 0.25) is 11.8 Å². The summed E-state index contributed by atoms with van der Waals surface area (Å²) in [5, 5.41) is 2.86. The summed E-state index contributed by atoms with van der Waals surface area (Å²) < 4.78 is 5.72. The molecule has 2 unspecified atom stereocenters. The van der Waals surface area contributed by atoms with Gasteiger partial charge in [0, 0.05) is 24.3 Å². The Bertz CT molecular complexity index is 1020. The van der Waals surface area contributed by atoms with E-state index >= 15 is 0 Å². The maximum Gasteiger partial charge on any atom is 0.242 e. The number of carbonyl (C=O) groups is 3. The van der Waals surface area contributed by atoms with Gasteiger partial charge >= 0.3 is 0 Å². The van der Waals surface area contributed by atoms with Gasteiger partial charge in [-0.15, -0.1) is 0 Å². The van der Waals surface area contributed by atoms with Crippen molar-refractivity contribution in [3.63, 3.8) is 0 Å². The average molecular weight is 452 g/mol. The number of hydrogen-bond acceptors (Lipinski definition) is 6. The highest BCUT2D eigenvalue weighted by atomic mass is 32.2. The number of nitrogens with one attached hydrogen (secondary N) is 1. The Balaban J connectivity index is 1.45. The van der Waals surface area contributed by atoms with E-state index < -0.39 is 5.25 Å². The van der Waals surface area contributed by atoms with Crippen molar-refractivity contribution >= 4 is 45.9 Å². The van der Waals surface area contributed by atoms with Gasteiger partial charge in [0.15, 0.2) is 11.0 Å². The molecule has 2 aromatic carbocycles. The van der Waals surface area contributed by atoms with E-state index in [1.807, 2.05) is 30.3 Å². The minimum Gasteiger partial charge on any atom is -0.376 e. The number of benzene rings is 2. The number of hydrogen-bond donors (Lipinski definition) is 1. The van der Waals surface area contributed by atoms with Crippen LogP contribution < -0.4 is 5.32 Å². The van der Waals surface area contributed by atoms with Crippen molar-refractivity contribution in [1.82, 2.24) is 4.90 Å². The number of carbonyl (C=O) groups excluding carboxylic acids is 3. The first kappa shape index (κ1) is 22.2. The number of Topliss-reactive ketones (excluding diaryl/α,β-unsaturated/α-hetero) is 1. The van der Waals surface area contributed by atoms with Crippen molar-refractivity contribution in [2.75, 3.05) is 18.5 Å². The lowest BCUT2D eigenvalue weighted by molar-refractivity contribution is -0.129. The molecule has 2 aromatic rings. The van der Waals surface area contributed by atoms with Crippen LogP contribution >= 0.6 is 11.8 Å². The van der Waals surface area contributed by atoms with Crippen LogP contribution in [-0.4, -0.2) is 52.2 Å². The van der Waals surface area contributed by atoms with Crippen molar-refractivity contribution in [2.45, 2.75) is 37.5 Å². The third-order valence-corrected chi connectivity index (χ3v) is 6.53. The Morgan fingerprint density at radius 3 is 2.56 bits per heavy atom. The number of anilines is 1. The van der Waals surface area contributed by atoms with Crippen LogP contribution in [-0.2, 0) is 14.3 Å². The fourth-order valence-electron chi connectivity index (χ4n) is 3.67. The average Bonchev–Trinajstić information content (AvgIpc) is 3.39. The van der Waals surface area contributed by atoms with Gasteiger partial charge in [0.1, 0.15) is 5.25 Å². The smallest absolute Gasteiger partial charge is 0.242 e. The van der Waals surface area contributed by atoms with Crippen molar-refractivity contribution in [1.29, 1.82) is 0 Å². The number of rotatable bonds is 7. The number of thioether (sulfide) groups is 1. The van der Waals surface area contributed by atoms with Crippen LogP contribution in [0.15, 0.2) is 59.6 Å². The zero-order valence-corrected chi connectivity index (χ0v) is 18.6. The van der Waals surface area contributed by atoms with Crippen LogP contribution in [0.3, 0.4) is 0 Å². The van der Waals surface area contributed by atoms with E-state index in [-0.39, 0.29) is 30.1 Å². The third kappa shape index (κ3) is 5.44. The standard InChI is InChI=1S/C24H25N3O4S/c1-16(28)17-9-11-19(12-10-17)25-22(29)14-21-23(30)27(15-20-8-5-13-31-20)24(32-21)26-18-6-3-2-4-7-18/h2-4,6-7,9-12,20-21H,5,8,13-15H2,1H3,(H,25,29). The molecule has 2 saturated heterocycles. The fourth-order valence-corrected chi connectivity index (χ4v) is 4.83. The molecule has 4 rings (SSSR count). The highest BCUT2D eigenvalue weighted by Gasteiger charge is 2.40. The van der Waals surface area contributed by atoms with Gasteiger partial charge in [-0.1, -0.05) is 30.0 Å². The molecule has 2 heterocycles. The Morgan fingerprint density at radius 2 is 1.91 bits per heavy atom. The molecule has 0 aliphatic carbocycles. The monoisotopic (exact) mass is 451 g/mol. The zero-order chi connectivity index (χ0) is 22.5. The molecule has 2 atom stereocenters. The summed E-state index contributed by atoms with van der Waals surface area (Å²) in [5.41, 5.74) is 1.93. The van der Waals surface area contributed by atoms with E-state index in [0.29, 0.717) is 29.6 Å². The Kier molecular flexibility index (Phi) is 7.02. The second-order valence-electron chi connectivity index (χ2n) is 7.81. The number of nitrogens with zero attached hydrogens (tertiary/aromatic N) is 2. The number of aliphatic imine (C=N–C) groups is 1. The number of ether oxygens (including phenoxy) is 1. The molecule has 32 heavy (non-hydrogen) atoms. The van der Waals surface area contributed by atoms with E-state index in [0.717, 1.165) is 18.5 Å². The van der Waals surface area contributed by atoms with E-state index in [2.05, 4.69) is 10.3 Å². The molecule has 7 nitrogen and oxygen atoms in total. The molecule has 2 aliphatic rings. The summed E-state index contributed by atoms with van der Waals surface area (Å²) in [6.45, 7) is 2.65. The van der Waals surface area contributed by atoms with Crippen molar-refractivity contribution in [3.8, 4) is 0 Å². The Morgan fingerprint density at radius 1 is 1.16 bits per heavy atom. The van der Waals surface area contributed by atoms with Crippen LogP contribution in [0.1, 0.15) is 36.5 Å². The second kappa shape index (κ2) is 10.1. The molecule has 2 fully saturated rings. The van der Waals surface area contributed by atoms with Gasteiger partial charge in [0.05, 0.1) is 18.3 Å². The fraction of sp³-hybridized carbons (Fsp3) is 0.333. The number of para-hydroxylation sites is 1. The third-order valence-electron chi connectivity index (χ3n) is 5.36. The van der Waals surface area contributed by atoms with E-state index in [4.69, 9.17) is 4.74 Å². The molecule has 0 aromatic heterocycles. The van der Waals surface area contributed by atoms with Crippen LogP contribution in [0.5, 0.6) is 0 Å². The van der Waals surface area contributed by atoms with Crippen molar-refractivity contribution < 1.29 is 19.1 Å². The van der Waals surface area contributed by atoms with Gasteiger partial charge in [-0.25, -0.2) is 4.99 Å². The molecule has 2 amide bonds. The molecule has 0 saturated carbocycles. The number of ketones is 1. The second-order valence-corrected chi connectivity index (χ2v) is 8.98. The summed E-state index contributed by atoms with van der Waals surface area (Å²) in [4.78, 5) is 43.5. The van der Waals surface area contributed by atoms with E-state index in [1.54, 1.807) is 29.2 Å². The summed E-state index contributed by atoms with van der Waals surface area (Å²) in [6.07, 6.45) is 1.93. The summed E-state index contributed by atoms with van der Waals surface area (Å²) in [6, 6.07) is 16.2. The highest BCUT2D eigenvalue weighted by molar-refractivity contribution is 8.15. The first-order valence-corrected chi connectivity index (χ1v) is 11.5. The molecule has 0 spiro atoms. The lowest BCUT2D eigenvalue weighted by Crippen LogP contribution is -2.38. The lowest BCUT2D eigenvalue weighted by Gasteiger charge is -2.20. The zero-order valence-electron chi connectivity index (χ0n) is 17.8. The van der Waals surface area contributed by atoms with Gasteiger partial charge < -0.3 is 10.1 Å². The predicted octanol–water partition coefficient (Wildman–Crippen LogP) is 4.03. The quantitative estimate of drug-likeness (QED) is 0.642. The molecule has 8 heteroatoms. The SMILES string of the molecule is CC(=O)c1ccc(NC(=O)CC2SC(=Nc3ccccc3)N(CC3CCCO3)C2=O)cc1. The molecule has 0 radical (unpaired) electrons. The first-order valence-electron chi connectivity index (χ1n) is 10.6. The number of amidine groups is 1. The Labute approximate surface area is 191 Å². The molecular weight excluding hydrogens is 426 g/mol. The lowest BCUT2D eigenvalue weighted by atomic mass is 10.1. The van der Waals surface area contributed by atoms with Gasteiger partial charge in [-0.3, -0.25) is 19.3 Å². The minimum atomic E-state index is -0.546. The molecule has 2 aliphatic heterocycles. The van der Waals surface area contributed by atoms with Crippen LogP contribution in [0.25, 0.3) is 0 Å². The highest BCUT2D eigenvalue weighted by Crippen LogP contribution is 2.33. The Hall–Kier alpha value is -2.97. The molecular formula is C24H25N3O4S. The van der Waals surface area contributed by atoms with Gasteiger partial charge in [-0.2, -0.15) is 0 Å². The molecule has 1 N–H and O–H groups in total. The topological polar surface area (TPSA) is 88.1 Å². The molecule has 166 valence electrons. The minimum absolute atomic E-state index is 0.00658. The maximum absolute atomic E-state index is 13.2. The van der Waals surface area contributed by atoms with Crippen LogP contribution in [0.4, 0.5) is 11.4 Å². The summed E-state index contributed by atoms with van der Waals surface area (Å²) >= 11 is 1.32. The molecule has 0 bridgehead atoms. The van der Waals surface area contributed by atoms with E-state index in [1.165, 1.54) is 18.7 Å². The van der Waals surface area contributed by atoms with Gasteiger partial charge in [0.25, 0.3) is 0 Å². The first-order chi connectivity index (χ1) is 15.5. The summed E-state index contributed by atoms with van der Waals surface area (Å²) in [7, 11) is 0. The van der Waals surface area contributed by atoms with Crippen molar-refractivity contribution in [3.05, 3.63) is 60.2 Å². The predicted molar refractivity (Wildman–Crippen MR) is 125 cm³/mol. The van der Waals surface area contributed by atoms with Gasteiger partial charge in [-0.05, 0) is 56.2 Å². The van der Waals surface area contributed by atoms with Crippen LogP contribution in [0, 0.1) is 0 Å². The largest absolute Gasteiger partial charge is 0.376 e. The van der Waals surface area contributed by atoms with Crippen LogP contribution in [0.2, 0.25) is 0 Å². The summed E-state index contributed by atoms with van der Waals surface area (Å²) in [5.74, 6) is -0.417. The van der Waals surface area contributed by atoms with E-state index in [9.17, 15) is 14.4 Å². The normalized spacial score (nSPS) is 21.8. The number of amides is 2. The maximum atomic E-state index is 13.2. The van der Waals surface area contributed by atoms with Crippen molar-refractivity contribution in [2.24, 2.45) is 4.99 Å².